The van der Waals surface area contributed by atoms with Crippen molar-refractivity contribution in [3.05, 3.63) is 28.8 Å². The minimum atomic E-state index is 0.182. The van der Waals surface area contributed by atoms with Crippen molar-refractivity contribution < 1.29 is 4.74 Å². The summed E-state index contributed by atoms with van der Waals surface area (Å²) in [7, 11) is 1.81. The first-order valence-corrected chi connectivity index (χ1v) is 8.20. The van der Waals surface area contributed by atoms with E-state index >= 15 is 0 Å². The van der Waals surface area contributed by atoms with Gasteiger partial charge < -0.3 is 10.5 Å². The molecule has 1 fully saturated rings. The van der Waals surface area contributed by atoms with Gasteiger partial charge in [-0.1, -0.05) is 25.3 Å². The van der Waals surface area contributed by atoms with Crippen LogP contribution in [0.2, 0.25) is 0 Å². The molecule has 2 nitrogen and oxygen atoms in total. The lowest BCUT2D eigenvalue weighted by Crippen LogP contribution is -2.34. The predicted octanol–water partition coefficient (Wildman–Crippen LogP) is 3.73. The molecule has 20 heavy (non-hydrogen) atoms. The van der Waals surface area contributed by atoms with E-state index in [9.17, 15) is 0 Å². The number of fused-ring (bicyclic) bond motifs is 1. The molecule has 0 amide bonds. The van der Waals surface area contributed by atoms with Gasteiger partial charge in [-0.3, -0.25) is 0 Å². The molecule has 1 aromatic rings. The topological polar surface area (TPSA) is 35.2 Å². The van der Waals surface area contributed by atoms with Crippen molar-refractivity contribution in [2.75, 3.05) is 13.7 Å². The fourth-order valence-corrected chi connectivity index (χ4v) is 4.34. The van der Waals surface area contributed by atoms with Crippen molar-refractivity contribution >= 4 is 0 Å². The van der Waals surface area contributed by atoms with Crippen LogP contribution < -0.4 is 10.5 Å². The molecule has 0 unspecified atom stereocenters. The lowest BCUT2D eigenvalue weighted by molar-refractivity contribution is 0.375. The van der Waals surface area contributed by atoms with Gasteiger partial charge in [-0.05, 0) is 55.7 Å². The van der Waals surface area contributed by atoms with E-state index < -0.39 is 0 Å². The Morgan fingerprint density at radius 1 is 1.05 bits per heavy atom. The molecule has 2 aliphatic rings. The molecule has 0 aromatic heterocycles. The molecule has 2 heteroatoms. The van der Waals surface area contributed by atoms with E-state index in [4.69, 9.17) is 10.5 Å². The highest BCUT2D eigenvalue weighted by atomic mass is 16.5. The Bertz CT molecular complexity index is 475. The van der Waals surface area contributed by atoms with Crippen molar-refractivity contribution in [1.29, 1.82) is 0 Å². The van der Waals surface area contributed by atoms with E-state index in [2.05, 4.69) is 12.1 Å². The Balaban J connectivity index is 2.15. The second-order valence-corrected chi connectivity index (χ2v) is 6.53. The van der Waals surface area contributed by atoms with Gasteiger partial charge in [-0.25, -0.2) is 0 Å². The minimum absolute atomic E-state index is 0.182. The monoisotopic (exact) mass is 273 g/mol. The normalized spacial score (nSPS) is 21.3. The van der Waals surface area contributed by atoms with E-state index in [1.165, 1.54) is 63.4 Å². The molecular weight excluding hydrogens is 246 g/mol. The van der Waals surface area contributed by atoms with E-state index in [1.807, 2.05) is 0 Å². The largest absolute Gasteiger partial charge is 0.496 e. The van der Waals surface area contributed by atoms with Crippen molar-refractivity contribution in [3.8, 4) is 5.75 Å². The van der Waals surface area contributed by atoms with Gasteiger partial charge in [0.05, 0.1) is 7.11 Å². The highest BCUT2D eigenvalue weighted by molar-refractivity contribution is 5.51. The van der Waals surface area contributed by atoms with Gasteiger partial charge in [0.15, 0.2) is 0 Å². The molecule has 2 aliphatic carbocycles. The van der Waals surface area contributed by atoms with Gasteiger partial charge in [0.25, 0.3) is 0 Å². The molecule has 0 aliphatic heterocycles. The zero-order valence-electron chi connectivity index (χ0n) is 12.7. The molecule has 0 heterocycles. The van der Waals surface area contributed by atoms with Crippen LogP contribution in [0.25, 0.3) is 0 Å². The Labute approximate surface area is 122 Å². The third-order valence-electron chi connectivity index (χ3n) is 5.45. The molecular formula is C18H27NO. The molecule has 0 spiro atoms. The number of rotatable bonds is 3. The van der Waals surface area contributed by atoms with Gasteiger partial charge >= 0.3 is 0 Å². The summed E-state index contributed by atoms with van der Waals surface area (Å²) in [5, 5.41) is 0. The van der Waals surface area contributed by atoms with E-state index in [0.717, 1.165) is 12.3 Å². The fourth-order valence-electron chi connectivity index (χ4n) is 4.34. The summed E-state index contributed by atoms with van der Waals surface area (Å²) in [4.78, 5) is 0. The number of methoxy groups -OCH3 is 1. The second kappa shape index (κ2) is 5.77. The Morgan fingerprint density at radius 2 is 1.80 bits per heavy atom. The van der Waals surface area contributed by atoms with Crippen LogP contribution in [0.3, 0.4) is 0 Å². The van der Waals surface area contributed by atoms with Crippen LogP contribution in [0.15, 0.2) is 12.1 Å². The zero-order valence-corrected chi connectivity index (χ0v) is 12.7. The van der Waals surface area contributed by atoms with Crippen molar-refractivity contribution in [3.63, 3.8) is 0 Å². The summed E-state index contributed by atoms with van der Waals surface area (Å²) >= 11 is 0. The number of hydrogen-bond acceptors (Lipinski definition) is 2. The average molecular weight is 273 g/mol. The second-order valence-electron chi connectivity index (χ2n) is 6.53. The van der Waals surface area contributed by atoms with Gasteiger partial charge in [-0.2, -0.15) is 0 Å². The Hall–Kier alpha value is -1.02. The Kier molecular flexibility index (Phi) is 4.02. The van der Waals surface area contributed by atoms with E-state index in [-0.39, 0.29) is 5.41 Å². The van der Waals surface area contributed by atoms with Crippen molar-refractivity contribution in [2.45, 2.75) is 63.2 Å². The van der Waals surface area contributed by atoms with Crippen LogP contribution in [-0.2, 0) is 18.3 Å². The van der Waals surface area contributed by atoms with Gasteiger partial charge in [-0.15, -0.1) is 0 Å². The summed E-state index contributed by atoms with van der Waals surface area (Å²) in [6, 6.07) is 4.48. The first-order valence-electron chi connectivity index (χ1n) is 8.20. The van der Waals surface area contributed by atoms with E-state index in [1.54, 1.807) is 18.2 Å². The Morgan fingerprint density at radius 3 is 2.50 bits per heavy atom. The summed E-state index contributed by atoms with van der Waals surface area (Å²) < 4.78 is 5.74. The molecule has 0 bridgehead atoms. The standard InChI is InChI=1S/C18H27NO/c1-20-16-10-9-14-7-3-2-4-8-15(14)17(16)18(13-19)11-5-6-12-18/h9-10H,2-8,11-13,19H2,1H3. The highest BCUT2D eigenvalue weighted by Gasteiger charge is 2.39. The van der Waals surface area contributed by atoms with Gasteiger partial charge in [0.1, 0.15) is 5.75 Å². The molecule has 0 saturated heterocycles. The molecule has 1 saturated carbocycles. The maximum atomic E-state index is 6.24. The average Bonchev–Trinajstić information content (AvgIpc) is 2.84. The fraction of sp³-hybridized carbons (Fsp3) is 0.667. The SMILES string of the molecule is COc1ccc2c(c1C1(CN)CCCC1)CCCCC2. The van der Waals surface area contributed by atoms with Crippen molar-refractivity contribution in [2.24, 2.45) is 5.73 Å². The lowest BCUT2D eigenvalue weighted by Gasteiger charge is -2.33. The van der Waals surface area contributed by atoms with Gasteiger partial charge in [0, 0.05) is 17.5 Å². The first kappa shape index (κ1) is 13.9. The maximum Gasteiger partial charge on any atom is 0.122 e. The number of ether oxygens (including phenoxy) is 1. The number of nitrogens with two attached hydrogens (primary N) is 1. The molecule has 0 radical (unpaired) electrons. The van der Waals surface area contributed by atoms with Crippen molar-refractivity contribution in [1.82, 2.24) is 0 Å². The molecule has 0 atom stereocenters. The van der Waals surface area contributed by atoms with Crippen LogP contribution in [0.5, 0.6) is 5.75 Å². The highest BCUT2D eigenvalue weighted by Crippen LogP contribution is 2.47. The van der Waals surface area contributed by atoms with Gasteiger partial charge in [0.2, 0.25) is 0 Å². The third-order valence-corrected chi connectivity index (χ3v) is 5.45. The lowest BCUT2D eigenvalue weighted by atomic mass is 9.74. The minimum Gasteiger partial charge on any atom is -0.496 e. The third kappa shape index (κ3) is 2.24. The van der Waals surface area contributed by atoms with Crippen LogP contribution in [0.4, 0.5) is 0 Å². The molecule has 1 aromatic carbocycles. The molecule has 3 rings (SSSR count). The summed E-state index contributed by atoms with van der Waals surface area (Å²) in [6.07, 6.45) is 11.5. The summed E-state index contributed by atoms with van der Waals surface area (Å²) in [6.45, 7) is 0.764. The number of aryl methyl sites for hydroxylation is 1. The molecule has 2 N–H and O–H groups in total. The quantitative estimate of drug-likeness (QED) is 0.852. The number of benzene rings is 1. The van der Waals surface area contributed by atoms with Crippen LogP contribution in [0.1, 0.15) is 61.6 Å². The first-order chi connectivity index (χ1) is 9.80. The van der Waals surface area contributed by atoms with Crippen LogP contribution >= 0.6 is 0 Å². The smallest absolute Gasteiger partial charge is 0.122 e. The predicted molar refractivity (Wildman–Crippen MR) is 83.5 cm³/mol. The summed E-state index contributed by atoms with van der Waals surface area (Å²) in [5.41, 5.74) is 11.0. The zero-order chi connectivity index (χ0) is 14.0. The van der Waals surface area contributed by atoms with E-state index in [0.29, 0.717) is 0 Å². The van der Waals surface area contributed by atoms with Crippen LogP contribution in [-0.4, -0.2) is 13.7 Å². The molecule has 110 valence electrons. The maximum absolute atomic E-state index is 6.24. The summed E-state index contributed by atoms with van der Waals surface area (Å²) in [5.74, 6) is 1.08. The number of hydrogen-bond donors (Lipinski definition) is 1. The van der Waals surface area contributed by atoms with Crippen LogP contribution in [0, 0.1) is 0 Å².